The zero-order chi connectivity index (χ0) is 22.0. The Morgan fingerprint density at radius 1 is 0.931 bits per heavy atom. The predicted octanol–water partition coefficient (Wildman–Crippen LogP) is 4.31. The second kappa shape index (κ2) is 8.39. The Labute approximate surface area is 170 Å². The van der Waals surface area contributed by atoms with E-state index in [9.17, 15) is 21.6 Å². The van der Waals surface area contributed by atoms with Crippen LogP contribution in [0.25, 0.3) is 0 Å². The number of hydrogen-bond donors (Lipinski definition) is 0. The minimum atomic E-state index is -5.78. The number of benzene rings is 2. The molecular weight excluding hydrogens is 421 g/mol. The maximum absolute atomic E-state index is 13.0. The second-order valence-corrected chi connectivity index (χ2v) is 14.1. The molecule has 160 valence electrons. The van der Waals surface area contributed by atoms with Gasteiger partial charge in [-0.2, -0.15) is 21.6 Å². The van der Waals surface area contributed by atoms with Crippen molar-refractivity contribution in [1.29, 1.82) is 0 Å². The third kappa shape index (κ3) is 4.30. The SMILES string of the molecule is COc1cccc([Si](c2ccccc2OS(=O)(=O)C(F)(F)F)(C(C)C)C(C)C)c1. The van der Waals surface area contributed by atoms with E-state index in [0.717, 1.165) is 5.19 Å². The summed E-state index contributed by atoms with van der Waals surface area (Å²) in [4.78, 5) is 0. The van der Waals surface area contributed by atoms with Crippen LogP contribution in [-0.4, -0.2) is 29.1 Å². The van der Waals surface area contributed by atoms with Crippen molar-refractivity contribution < 1.29 is 30.5 Å². The summed E-state index contributed by atoms with van der Waals surface area (Å²) >= 11 is 0. The molecule has 0 aromatic heterocycles. The van der Waals surface area contributed by atoms with Crippen LogP contribution in [0.3, 0.4) is 0 Å². The van der Waals surface area contributed by atoms with E-state index in [2.05, 4.69) is 4.18 Å². The first-order valence-electron chi connectivity index (χ1n) is 9.12. The van der Waals surface area contributed by atoms with Gasteiger partial charge in [0, 0.05) is 0 Å². The Morgan fingerprint density at radius 2 is 1.52 bits per heavy atom. The zero-order valence-electron chi connectivity index (χ0n) is 16.9. The third-order valence-electron chi connectivity index (χ3n) is 5.18. The van der Waals surface area contributed by atoms with Crippen LogP contribution in [0.5, 0.6) is 11.5 Å². The van der Waals surface area contributed by atoms with Crippen molar-refractivity contribution in [3.63, 3.8) is 0 Å². The summed E-state index contributed by atoms with van der Waals surface area (Å²) in [6.45, 7) is 8.00. The summed E-state index contributed by atoms with van der Waals surface area (Å²) in [7, 11) is -7.03. The van der Waals surface area contributed by atoms with E-state index in [1.807, 2.05) is 45.9 Å². The number of ether oxygens (including phenoxy) is 1. The Balaban J connectivity index is 2.81. The Bertz CT molecular complexity index is 948. The highest BCUT2D eigenvalue weighted by atomic mass is 32.2. The minimum Gasteiger partial charge on any atom is -0.497 e. The molecule has 0 aliphatic heterocycles. The number of methoxy groups -OCH3 is 1. The number of hydrogen-bond acceptors (Lipinski definition) is 4. The molecule has 0 amide bonds. The van der Waals surface area contributed by atoms with Crippen LogP contribution in [0.4, 0.5) is 13.2 Å². The molecule has 0 heterocycles. The van der Waals surface area contributed by atoms with Gasteiger partial charge in [0.15, 0.2) is 0 Å². The fourth-order valence-corrected chi connectivity index (χ4v) is 10.5. The van der Waals surface area contributed by atoms with Crippen LogP contribution >= 0.6 is 0 Å². The number of para-hydroxylation sites is 1. The van der Waals surface area contributed by atoms with Gasteiger partial charge in [-0.3, -0.25) is 0 Å². The summed E-state index contributed by atoms with van der Waals surface area (Å²) in [5.74, 6) is 0.351. The Morgan fingerprint density at radius 3 is 2.03 bits per heavy atom. The van der Waals surface area contributed by atoms with E-state index < -0.39 is 23.7 Å². The van der Waals surface area contributed by atoms with Crippen molar-refractivity contribution in [1.82, 2.24) is 0 Å². The highest BCUT2D eigenvalue weighted by Gasteiger charge is 2.51. The fraction of sp³-hybridized carbons (Fsp3) is 0.400. The van der Waals surface area contributed by atoms with Crippen LogP contribution in [0.2, 0.25) is 11.1 Å². The lowest BCUT2D eigenvalue weighted by molar-refractivity contribution is -0.0499. The molecule has 0 fully saturated rings. The van der Waals surface area contributed by atoms with Crippen molar-refractivity contribution in [3.8, 4) is 11.5 Å². The minimum absolute atomic E-state index is 0.0351. The van der Waals surface area contributed by atoms with E-state index in [4.69, 9.17) is 4.74 Å². The lowest BCUT2D eigenvalue weighted by Gasteiger charge is -2.41. The van der Waals surface area contributed by atoms with Gasteiger partial charge in [0.2, 0.25) is 0 Å². The van der Waals surface area contributed by atoms with Crippen LogP contribution in [0.1, 0.15) is 27.7 Å². The molecule has 0 bridgehead atoms. The lowest BCUT2D eigenvalue weighted by Crippen LogP contribution is -2.63. The van der Waals surface area contributed by atoms with Gasteiger partial charge in [0.1, 0.15) is 19.6 Å². The van der Waals surface area contributed by atoms with E-state index in [1.165, 1.54) is 12.1 Å². The summed E-state index contributed by atoms with van der Waals surface area (Å²) < 4.78 is 72.3. The lowest BCUT2D eigenvalue weighted by atomic mass is 10.3. The molecule has 4 nitrogen and oxygen atoms in total. The molecule has 0 unspecified atom stereocenters. The molecule has 0 radical (unpaired) electrons. The first kappa shape index (κ1) is 23.3. The molecule has 2 rings (SSSR count). The van der Waals surface area contributed by atoms with Crippen molar-refractivity contribution in [2.24, 2.45) is 0 Å². The average molecular weight is 447 g/mol. The first-order valence-corrected chi connectivity index (χ1v) is 12.7. The molecule has 0 saturated carbocycles. The standard InChI is InChI=1S/C20H25F3O4SSi/c1-14(2)29(15(3)4,17-10-8-9-16(13-17)26-5)19-12-7-6-11-18(19)27-28(24,25)20(21,22)23/h6-15H,1-5H3. The summed E-state index contributed by atoms with van der Waals surface area (Å²) in [6, 6.07) is 13.5. The topological polar surface area (TPSA) is 52.6 Å². The Kier molecular flexibility index (Phi) is 6.74. The van der Waals surface area contributed by atoms with Gasteiger partial charge in [-0.15, -0.1) is 0 Å². The number of rotatable bonds is 7. The van der Waals surface area contributed by atoms with E-state index in [-0.39, 0.29) is 16.8 Å². The van der Waals surface area contributed by atoms with Crippen molar-refractivity contribution in [2.75, 3.05) is 7.11 Å². The maximum Gasteiger partial charge on any atom is 0.534 e. The van der Waals surface area contributed by atoms with Gasteiger partial charge >= 0.3 is 15.6 Å². The monoisotopic (exact) mass is 446 g/mol. The summed E-state index contributed by atoms with van der Waals surface area (Å²) in [5.41, 5.74) is -5.43. The third-order valence-corrected chi connectivity index (χ3v) is 12.4. The van der Waals surface area contributed by atoms with Crippen LogP contribution in [0, 0.1) is 0 Å². The van der Waals surface area contributed by atoms with E-state index in [0.29, 0.717) is 10.9 Å². The maximum atomic E-state index is 13.0. The smallest absolute Gasteiger partial charge is 0.497 e. The normalized spacial score (nSPS) is 13.0. The molecule has 2 aromatic carbocycles. The second-order valence-electron chi connectivity index (χ2n) is 7.39. The summed E-state index contributed by atoms with van der Waals surface area (Å²) in [6.07, 6.45) is 0. The molecule has 29 heavy (non-hydrogen) atoms. The van der Waals surface area contributed by atoms with Gasteiger partial charge in [-0.05, 0) is 39.7 Å². The molecular formula is C20H25F3O4SSi. The molecule has 0 spiro atoms. The predicted molar refractivity (Wildman–Crippen MR) is 110 cm³/mol. The van der Waals surface area contributed by atoms with Crippen molar-refractivity contribution >= 4 is 28.6 Å². The highest BCUT2D eigenvalue weighted by molar-refractivity contribution is 7.88. The van der Waals surface area contributed by atoms with E-state index in [1.54, 1.807) is 25.3 Å². The molecule has 0 saturated heterocycles. The van der Waals surface area contributed by atoms with Crippen LogP contribution < -0.4 is 19.3 Å². The van der Waals surface area contributed by atoms with Gasteiger partial charge in [0.25, 0.3) is 0 Å². The van der Waals surface area contributed by atoms with Gasteiger partial charge in [-0.25, -0.2) is 0 Å². The van der Waals surface area contributed by atoms with Gasteiger partial charge < -0.3 is 8.92 Å². The Hall–Kier alpha value is -2.00. The zero-order valence-corrected chi connectivity index (χ0v) is 18.8. The van der Waals surface area contributed by atoms with Crippen molar-refractivity contribution in [3.05, 3.63) is 48.5 Å². The molecule has 0 aliphatic carbocycles. The average Bonchev–Trinajstić information content (AvgIpc) is 2.62. The fourth-order valence-electron chi connectivity index (χ4n) is 4.04. The molecule has 0 atom stereocenters. The quantitative estimate of drug-likeness (QED) is 0.361. The number of alkyl halides is 3. The van der Waals surface area contributed by atoms with E-state index >= 15 is 0 Å². The number of halogens is 3. The van der Waals surface area contributed by atoms with Crippen molar-refractivity contribution in [2.45, 2.75) is 44.3 Å². The highest BCUT2D eigenvalue weighted by Crippen LogP contribution is 2.36. The van der Waals surface area contributed by atoms with Crippen LogP contribution in [0.15, 0.2) is 48.5 Å². The largest absolute Gasteiger partial charge is 0.534 e. The molecule has 0 aliphatic rings. The van der Waals surface area contributed by atoms with Gasteiger partial charge in [0.05, 0.1) is 7.11 Å². The molecule has 2 aromatic rings. The van der Waals surface area contributed by atoms with Crippen LogP contribution in [-0.2, 0) is 10.1 Å². The summed E-state index contributed by atoms with van der Waals surface area (Å²) in [5, 5.41) is 1.44. The van der Waals surface area contributed by atoms with Gasteiger partial charge in [-0.1, -0.05) is 58.0 Å². The molecule has 0 N–H and O–H groups in total. The molecule has 9 heteroatoms. The first-order chi connectivity index (χ1) is 13.4.